The summed E-state index contributed by atoms with van der Waals surface area (Å²) >= 11 is 5.42. The molecule has 0 aromatic carbocycles. The molecule has 0 bridgehead atoms. The van der Waals surface area contributed by atoms with E-state index in [1.54, 1.807) is 0 Å². The van der Waals surface area contributed by atoms with Crippen LogP contribution < -0.4 is 10.6 Å². The lowest BCUT2D eigenvalue weighted by Gasteiger charge is -2.24. The second-order valence-corrected chi connectivity index (χ2v) is 7.63. The fraction of sp³-hybridized carbons (Fsp3) is 0.583. The van der Waals surface area contributed by atoms with Gasteiger partial charge in [0.25, 0.3) is 0 Å². The van der Waals surface area contributed by atoms with E-state index in [-0.39, 0.29) is 0 Å². The Morgan fingerprint density at radius 1 is 1.47 bits per heavy atom. The molecule has 0 aliphatic carbocycles. The lowest BCUT2D eigenvalue weighted by Crippen LogP contribution is -2.28. The van der Waals surface area contributed by atoms with Gasteiger partial charge in [0.2, 0.25) is 0 Å². The zero-order valence-corrected chi connectivity index (χ0v) is 12.6. The molecule has 2 rings (SSSR count). The van der Waals surface area contributed by atoms with E-state index in [4.69, 9.17) is 5.73 Å². The predicted octanol–water partition coefficient (Wildman–Crippen LogP) is 3.15. The van der Waals surface area contributed by atoms with Crippen LogP contribution in [0.3, 0.4) is 0 Å². The summed E-state index contributed by atoms with van der Waals surface area (Å²) in [6, 6.07) is 1.92. The average Bonchev–Trinajstić information content (AvgIpc) is 2.40. The minimum absolute atomic E-state index is 0.360. The Labute approximate surface area is 115 Å². The van der Waals surface area contributed by atoms with Crippen LogP contribution in [-0.4, -0.2) is 28.6 Å². The van der Waals surface area contributed by atoms with Gasteiger partial charge in [0, 0.05) is 34.3 Å². The number of rotatable bonds is 1. The fourth-order valence-corrected chi connectivity index (χ4v) is 3.39. The van der Waals surface area contributed by atoms with Crippen molar-refractivity contribution in [3.63, 3.8) is 0 Å². The summed E-state index contributed by atoms with van der Waals surface area (Å²) in [6.45, 7) is 6.66. The van der Waals surface area contributed by atoms with Gasteiger partial charge >= 0.3 is 0 Å². The minimum Gasteiger partial charge on any atom is -0.396 e. The van der Waals surface area contributed by atoms with Crippen molar-refractivity contribution in [2.24, 2.45) is 0 Å². The van der Waals surface area contributed by atoms with Crippen LogP contribution in [0.5, 0.6) is 0 Å². The number of aromatic nitrogens is 1. The number of anilines is 2. The first-order valence-corrected chi connectivity index (χ1v) is 7.56. The molecule has 0 radical (unpaired) electrons. The van der Waals surface area contributed by atoms with Crippen LogP contribution in [0.4, 0.5) is 11.5 Å². The maximum atomic E-state index is 6.03. The second kappa shape index (κ2) is 5.06. The Morgan fingerprint density at radius 3 is 2.94 bits per heavy atom. The normalized spacial score (nSPS) is 20.1. The Balaban J connectivity index is 2.17. The smallest absolute Gasteiger partial charge is 0.151 e. The predicted molar refractivity (Wildman–Crippen MR) is 79.7 cm³/mol. The average molecular weight is 316 g/mol. The van der Waals surface area contributed by atoms with E-state index in [1.165, 1.54) is 0 Å². The van der Waals surface area contributed by atoms with E-state index in [2.05, 4.69) is 39.7 Å². The number of thioether (sulfide) groups is 1. The minimum atomic E-state index is 0.360. The van der Waals surface area contributed by atoms with Gasteiger partial charge in [0.15, 0.2) is 5.82 Å². The van der Waals surface area contributed by atoms with Crippen molar-refractivity contribution in [2.75, 3.05) is 29.5 Å². The van der Waals surface area contributed by atoms with Gasteiger partial charge in [-0.25, -0.2) is 4.98 Å². The highest BCUT2D eigenvalue weighted by atomic mass is 79.9. The standard InChI is InChI=1S/C12H18BrN3S/c1-12(2)3-4-16(5-6-17-12)11-10(14)7-9(13)8-15-11/h7-8H,3-6,14H2,1-2H3. The van der Waals surface area contributed by atoms with Crippen LogP contribution in [0.15, 0.2) is 16.7 Å². The molecule has 1 aliphatic rings. The first-order valence-electron chi connectivity index (χ1n) is 5.78. The summed E-state index contributed by atoms with van der Waals surface area (Å²) in [7, 11) is 0. The van der Waals surface area contributed by atoms with E-state index >= 15 is 0 Å². The van der Waals surface area contributed by atoms with Crippen LogP contribution in [-0.2, 0) is 0 Å². The van der Waals surface area contributed by atoms with E-state index in [9.17, 15) is 0 Å². The molecule has 3 nitrogen and oxygen atoms in total. The summed E-state index contributed by atoms with van der Waals surface area (Å²) in [5, 5.41) is 0. The molecule has 0 unspecified atom stereocenters. The topological polar surface area (TPSA) is 42.2 Å². The molecule has 0 atom stereocenters. The van der Waals surface area contributed by atoms with Crippen LogP contribution >= 0.6 is 27.7 Å². The van der Waals surface area contributed by atoms with Crippen LogP contribution in [0.1, 0.15) is 20.3 Å². The van der Waals surface area contributed by atoms with E-state index in [0.717, 1.165) is 41.2 Å². The molecular formula is C12H18BrN3S. The molecule has 0 amide bonds. The Kier molecular flexibility index (Phi) is 3.88. The largest absolute Gasteiger partial charge is 0.396 e. The van der Waals surface area contributed by atoms with Gasteiger partial charge in [-0.15, -0.1) is 0 Å². The van der Waals surface area contributed by atoms with Gasteiger partial charge in [-0.3, -0.25) is 0 Å². The van der Waals surface area contributed by atoms with Crippen molar-refractivity contribution in [3.05, 3.63) is 16.7 Å². The van der Waals surface area contributed by atoms with Gasteiger partial charge in [-0.05, 0) is 28.4 Å². The van der Waals surface area contributed by atoms with Crippen molar-refractivity contribution < 1.29 is 0 Å². The molecule has 5 heteroatoms. The third-order valence-corrected chi connectivity index (χ3v) is 4.81. The van der Waals surface area contributed by atoms with E-state index < -0.39 is 0 Å². The Hall–Kier alpha value is -0.420. The monoisotopic (exact) mass is 315 g/mol. The lowest BCUT2D eigenvalue weighted by molar-refractivity contribution is 0.635. The quantitative estimate of drug-likeness (QED) is 0.864. The zero-order chi connectivity index (χ0) is 12.5. The Bertz CT molecular complexity index is 409. The molecule has 0 saturated carbocycles. The van der Waals surface area contributed by atoms with Crippen LogP contribution in [0.2, 0.25) is 0 Å². The first kappa shape index (κ1) is 13.0. The number of nitrogens with zero attached hydrogens (tertiary/aromatic N) is 2. The molecular weight excluding hydrogens is 298 g/mol. The van der Waals surface area contributed by atoms with Crippen molar-refractivity contribution >= 4 is 39.2 Å². The number of nitrogen functional groups attached to an aromatic ring is 1. The molecule has 1 aliphatic heterocycles. The molecule has 1 aromatic rings. The fourth-order valence-electron chi connectivity index (χ4n) is 1.94. The van der Waals surface area contributed by atoms with Crippen molar-refractivity contribution in [1.82, 2.24) is 4.98 Å². The van der Waals surface area contributed by atoms with Gasteiger partial charge in [0.05, 0.1) is 5.69 Å². The Morgan fingerprint density at radius 2 is 2.24 bits per heavy atom. The number of halogens is 1. The number of nitrogens with two attached hydrogens (primary N) is 1. The van der Waals surface area contributed by atoms with Crippen molar-refractivity contribution in [2.45, 2.75) is 25.0 Å². The highest BCUT2D eigenvalue weighted by Crippen LogP contribution is 2.33. The van der Waals surface area contributed by atoms with Crippen molar-refractivity contribution in [1.29, 1.82) is 0 Å². The molecule has 1 aromatic heterocycles. The van der Waals surface area contributed by atoms with E-state index in [0.29, 0.717) is 4.75 Å². The van der Waals surface area contributed by atoms with E-state index in [1.807, 2.05) is 24.0 Å². The van der Waals surface area contributed by atoms with Gasteiger partial charge in [-0.2, -0.15) is 11.8 Å². The second-order valence-electron chi connectivity index (χ2n) is 4.91. The molecule has 2 N–H and O–H groups in total. The lowest BCUT2D eigenvalue weighted by atomic mass is 10.1. The van der Waals surface area contributed by atoms with Gasteiger partial charge in [-0.1, -0.05) is 13.8 Å². The zero-order valence-electron chi connectivity index (χ0n) is 10.2. The number of hydrogen-bond acceptors (Lipinski definition) is 4. The molecule has 1 saturated heterocycles. The summed E-state index contributed by atoms with van der Waals surface area (Å²) in [5.41, 5.74) is 6.78. The summed E-state index contributed by atoms with van der Waals surface area (Å²) in [6.07, 6.45) is 2.98. The molecule has 2 heterocycles. The summed E-state index contributed by atoms with van der Waals surface area (Å²) in [5.74, 6) is 2.05. The summed E-state index contributed by atoms with van der Waals surface area (Å²) in [4.78, 5) is 6.73. The summed E-state index contributed by atoms with van der Waals surface area (Å²) < 4.78 is 1.29. The maximum absolute atomic E-state index is 6.03. The number of pyridine rings is 1. The first-order chi connectivity index (χ1) is 7.98. The maximum Gasteiger partial charge on any atom is 0.151 e. The highest BCUT2D eigenvalue weighted by molar-refractivity contribution is 9.10. The van der Waals surface area contributed by atoms with Crippen LogP contribution in [0, 0.1) is 0 Å². The van der Waals surface area contributed by atoms with Gasteiger partial charge in [0.1, 0.15) is 0 Å². The molecule has 94 valence electrons. The third kappa shape index (κ3) is 3.28. The third-order valence-electron chi connectivity index (χ3n) is 3.00. The molecule has 17 heavy (non-hydrogen) atoms. The number of hydrogen-bond donors (Lipinski definition) is 1. The van der Waals surface area contributed by atoms with Crippen molar-refractivity contribution in [3.8, 4) is 0 Å². The molecule has 1 fully saturated rings. The molecule has 0 spiro atoms. The van der Waals surface area contributed by atoms with Gasteiger partial charge < -0.3 is 10.6 Å². The SMILES string of the molecule is CC1(C)CCN(c2ncc(Br)cc2N)CCS1. The van der Waals surface area contributed by atoms with Crippen LogP contribution in [0.25, 0.3) is 0 Å². The highest BCUT2D eigenvalue weighted by Gasteiger charge is 2.24.